The lowest BCUT2D eigenvalue weighted by Gasteiger charge is -2.17. The maximum absolute atomic E-state index is 13.5. The van der Waals surface area contributed by atoms with E-state index in [1.165, 1.54) is 14.2 Å². The molecule has 1 heterocycles. The Labute approximate surface area is 175 Å². The Morgan fingerprint density at radius 2 is 1.43 bits per heavy atom. The van der Waals surface area contributed by atoms with Crippen molar-refractivity contribution in [3.8, 4) is 40.1 Å². The summed E-state index contributed by atoms with van der Waals surface area (Å²) < 4.78 is 34.0. The quantitative estimate of drug-likeness (QED) is 0.503. The minimum absolute atomic E-state index is 0.113. The van der Waals surface area contributed by atoms with E-state index in [0.29, 0.717) is 48.2 Å². The molecule has 0 radical (unpaired) electrons. The standard InChI is InChI=1S/C23H26O7/c1-6-27-15-11-9-14(10-12-15)20-23(29-8-3)19(24)18-16(30-20)13-17(25-4)21(26-5)22(18)28-7-2/h9-13H,6-8H2,1-5H3. The Bertz CT molecular complexity index is 1070. The van der Waals surface area contributed by atoms with Crippen molar-refractivity contribution in [2.75, 3.05) is 34.0 Å². The average molecular weight is 414 g/mol. The van der Waals surface area contributed by atoms with Gasteiger partial charge in [0.1, 0.15) is 16.7 Å². The van der Waals surface area contributed by atoms with Crippen LogP contribution in [0, 0.1) is 0 Å². The number of rotatable bonds is 9. The van der Waals surface area contributed by atoms with Crippen LogP contribution in [0.15, 0.2) is 39.5 Å². The predicted octanol–water partition coefficient (Wildman–Crippen LogP) is 4.67. The molecule has 0 bridgehead atoms. The summed E-state index contributed by atoms with van der Waals surface area (Å²) >= 11 is 0. The molecule has 0 saturated heterocycles. The summed E-state index contributed by atoms with van der Waals surface area (Å²) in [6.45, 7) is 6.76. The van der Waals surface area contributed by atoms with Gasteiger partial charge >= 0.3 is 0 Å². The number of hydrogen-bond acceptors (Lipinski definition) is 7. The number of ether oxygens (including phenoxy) is 5. The summed E-state index contributed by atoms with van der Waals surface area (Å²) in [4.78, 5) is 13.5. The fraction of sp³-hybridized carbons (Fsp3) is 0.348. The second-order valence-electron chi connectivity index (χ2n) is 6.23. The van der Waals surface area contributed by atoms with Crippen LogP contribution in [0.1, 0.15) is 20.8 Å². The molecular weight excluding hydrogens is 388 g/mol. The van der Waals surface area contributed by atoms with E-state index in [4.69, 9.17) is 28.1 Å². The summed E-state index contributed by atoms with van der Waals surface area (Å²) in [5.74, 6) is 2.16. The van der Waals surface area contributed by atoms with Gasteiger partial charge in [0.2, 0.25) is 16.9 Å². The van der Waals surface area contributed by atoms with Crippen molar-refractivity contribution in [3.63, 3.8) is 0 Å². The zero-order valence-corrected chi connectivity index (χ0v) is 17.9. The largest absolute Gasteiger partial charge is 0.494 e. The summed E-state index contributed by atoms with van der Waals surface area (Å²) in [5.41, 5.74) is 0.661. The molecular formula is C23H26O7. The van der Waals surface area contributed by atoms with Crippen LogP contribution in [-0.4, -0.2) is 34.0 Å². The summed E-state index contributed by atoms with van der Waals surface area (Å²) in [7, 11) is 3.00. The van der Waals surface area contributed by atoms with Gasteiger partial charge in [-0.15, -0.1) is 0 Å². The van der Waals surface area contributed by atoms with Gasteiger partial charge in [-0.1, -0.05) is 0 Å². The molecule has 1 aromatic heterocycles. The zero-order valence-electron chi connectivity index (χ0n) is 17.9. The van der Waals surface area contributed by atoms with Gasteiger partial charge in [-0.3, -0.25) is 4.79 Å². The first kappa shape index (κ1) is 21.4. The van der Waals surface area contributed by atoms with Crippen molar-refractivity contribution in [3.05, 3.63) is 40.6 Å². The fourth-order valence-corrected chi connectivity index (χ4v) is 3.22. The molecule has 7 nitrogen and oxygen atoms in total. The summed E-state index contributed by atoms with van der Waals surface area (Å²) in [6.07, 6.45) is 0. The van der Waals surface area contributed by atoms with E-state index in [9.17, 15) is 4.79 Å². The number of fused-ring (bicyclic) bond motifs is 1. The smallest absolute Gasteiger partial charge is 0.239 e. The van der Waals surface area contributed by atoms with E-state index >= 15 is 0 Å². The molecule has 3 rings (SSSR count). The third-order valence-electron chi connectivity index (χ3n) is 4.45. The van der Waals surface area contributed by atoms with E-state index in [-0.39, 0.29) is 22.3 Å². The zero-order chi connectivity index (χ0) is 21.7. The Kier molecular flexibility index (Phi) is 6.72. The third-order valence-corrected chi connectivity index (χ3v) is 4.45. The highest BCUT2D eigenvalue weighted by Gasteiger charge is 2.25. The van der Waals surface area contributed by atoms with Gasteiger partial charge in [0.15, 0.2) is 17.3 Å². The molecule has 3 aromatic rings. The topological polar surface area (TPSA) is 76.4 Å². The Morgan fingerprint density at radius 1 is 0.800 bits per heavy atom. The first-order valence-electron chi connectivity index (χ1n) is 9.84. The van der Waals surface area contributed by atoms with Crippen LogP contribution < -0.4 is 29.1 Å². The summed E-state index contributed by atoms with van der Waals surface area (Å²) in [5, 5.41) is 0.243. The van der Waals surface area contributed by atoms with Crippen LogP contribution in [0.3, 0.4) is 0 Å². The number of hydrogen-bond donors (Lipinski definition) is 0. The average Bonchev–Trinajstić information content (AvgIpc) is 2.76. The van der Waals surface area contributed by atoms with Crippen LogP contribution in [-0.2, 0) is 0 Å². The monoisotopic (exact) mass is 414 g/mol. The SMILES string of the molecule is CCOc1ccc(-c2oc3cc(OC)c(OC)c(OCC)c3c(=O)c2OCC)cc1. The molecule has 0 amide bonds. The molecule has 0 aliphatic rings. The highest BCUT2D eigenvalue weighted by molar-refractivity contribution is 5.91. The molecule has 160 valence electrons. The van der Waals surface area contributed by atoms with E-state index in [2.05, 4.69) is 0 Å². The first-order chi connectivity index (χ1) is 14.6. The lowest BCUT2D eigenvalue weighted by molar-refractivity contribution is 0.298. The predicted molar refractivity (Wildman–Crippen MR) is 115 cm³/mol. The summed E-state index contributed by atoms with van der Waals surface area (Å²) in [6, 6.07) is 8.90. The lowest BCUT2D eigenvalue weighted by atomic mass is 10.1. The van der Waals surface area contributed by atoms with Crippen molar-refractivity contribution in [2.24, 2.45) is 0 Å². The van der Waals surface area contributed by atoms with Crippen molar-refractivity contribution in [2.45, 2.75) is 20.8 Å². The molecule has 0 aliphatic heterocycles. The van der Waals surface area contributed by atoms with Gasteiger partial charge in [-0.25, -0.2) is 0 Å². The maximum atomic E-state index is 13.5. The molecule has 30 heavy (non-hydrogen) atoms. The van der Waals surface area contributed by atoms with Gasteiger partial charge in [-0.2, -0.15) is 0 Å². The number of methoxy groups -OCH3 is 2. The van der Waals surface area contributed by atoms with Crippen LogP contribution in [0.25, 0.3) is 22.3 Å². The van der Waals surface area contributed by atoms with Gasteiger partial charge in [0.05, 0.1) is 34.0 Å². The van der Waals surface area contributed by atoms with Crippen LogP contribution in [0.4, 0.5) is 0 Å². The number of benzene rings is 2. The third kappa shape index (κ3) is 3.87. The molecule has 0 aliphatic carbocycles. The first-order valence-corrected chi connectivity index (χ1v) is 9.84. The molecule has 0 spiro atoms. The molecule has 0 fully saturated rings. The molecule has 7 heteroatoms. The molecule has 2 aromatic carbocycles. The Morgan fingerprint density at radius 3 is 2.00 bits per heavy atom. The molecule has 0 atom stereocenters. The molecule has 0 N–H and O–H groups in total. The van der Waals surface area contributed by atoms with Crippen molar-refractivity contribution >= 4 is 11.0 Å². The fourth-order valence-electron chi connectivity index (χ4n) is 3.22. The molecule has 0 unspecified atom stereocenters. The minimum Gasteiger partial charge on any atom is -0.494 e. The van der Waals surface area contributed by atoms with Gasteiger partial charge in [0.25, 0.3) is 0 Å². The van der Waals surface area contributed by atoms with E-state index < -0.39 is 0 Å². The van der Waals surface area contributed by atoms with E-state index in [0.717, 1.165) is 5.75 Å². The highest BCUT2D eigenvalue weighted by Crippen LogP contribution is 2.44. The van der Waals surface area contributed by atoms with Gasteiger partial charge in [-0.05, 0) is 45.0 Å². The second kappa shape index (κ2) is 9.43. The van der Waals surface area contributed by atoms with Gasteiger partial charge in [0, 0.05) is 11.6 Å². The van der Waals surface area contributed by atoms with Gasteiger partial charge < -0.3 is 28.1 Å². The highest BCUT2D eigenvalue weighted by atomic mass is 16.5. The maximum Gasteiger partial charge on any atom is 0.239 e. The van der Waals surface area contributed by atoms with Crippen molar-refractivity contribution in [1.82, 2.24) is 0 Å². The Hall–Kier alpha value is -3.35. The minimum atomic E-state index is -0.341. The normalized spacial score (nSPS) is 10.7. The van der Waals surface area contributed by atoms with E-state index in [1.54, 1.807) is 6.07 Å². The van der Waals surface area contributed by atoms with Crippen LogP contribution in [0.5, 0.6) is 28.7 Å². The lowest BCUT2D eigenvalue weighted by Crippen LogP contribution is -2.12. The van der Waals surface area contributed by atoms with Crippen LogP contribution >= 0.6 is 0 Å². The Balaban J connectivity index is 2.33. The van der Waals surface area contributed by atoms with Crippen molar-refractivity contribution < 1.29 is 28.1 Å². The van der Waals surface area contributed by atoms with Crippen LogP contribution in [0.2, 0.25) is 0 Å². The second-order valence-corrected chi connectivity index (χ2v) is 6.23. The van der Waals surface area contributed by atoms with E-state index in [1.807, 2.05) is 45.0 Å². The van der Waals surface area contributed by atoms with Crippen molar-refractivity contribution in [1.29, 1.82) is 0 Å². The molecule has 0 saturated carbocycles.